The second kappa shape index (κ2) is 7.31. The van der Waals surface area contributed by atoms with Crippen molar-refractivity contribution in [2.75, 3.05) is 18.0 Å². The second-order valence-electron chi connectivity index (χ2n) is 7.57. The lowest BCUT2D eigenvalue weighted by atomic mass is 9.75. The number of nitrogens with one attached hydrogen (secondary N) is 1. The first-order valence-electron chi connectivity index (χ1n) is 9.03. The van der Waals surface area contributed by atoms with Crippen LogP contribution >= 0.6 is 0 Å². The first-order chi connectivity index (χ1) is 13.9. The number of rotatable bonds is 2. The number of nitrogens with zero attached hydrogens (tertiary/aromatic N) is 2. The summed E-state index contributed by atoms with van der Waals surface area (Å²) in [4.78, 5) is 11.5. The van der Waals surface area contributed by atoms with E-state index in [0.717, 1.165) is 23.5 Å². The highest BCUT2D eigenvalue weighted by atomic mass is 32.2. The Bertz CT molecular complexity index is 1010. The van der Waals surface area contributed by atoms with E-state index in [-0.39, 0.29) is 25.1 Å². The van der Waals surface area contributed by atoms with E-state index in [2.05, 4.69) is 10.1 Å². The lowest BCUT2D eigenvalue weighted by Crippen LogP contribution is -2.57. The summed E-state index contributed by atoms with van der Waals surface area (Å²) in [5.74, 6) is -0.858. The molecule has 30 heavy (non-hydrogen) atoms. The minimum atomic E-state index is -4.84. The summed E-state index contributed by atoms with van der Waals surface area (Å²) in [7, 11) is -2.98. The molecular formula is C18H20F3N3O5S. The maximum absolute atomic E-state index is 13.3. The predicted octanol–water partition coefficient (Wildman–Crippen LogP) is 1.98. The normalized spacial score (nSPS) is 30.3. The Kier molecular flexibility index (Phi) is 5.41. The molecule has 4 atom stereocenters. The first-order valence-corrected chi connectivity index (χ1v) is 10.5. The number of nitriles is 1. The summed E-state index contributed by atoms with van der Waals surface area (Å²) in [6.07, 6.45) is -6.62. The van der Waals surface area contributed by atoms with Crippen molar-refractivity contribution < 1.29 is 36.2 Å². The van der Waals surface area contributed by atoms with Crippen molar-refractivity contribution in [2.24, 2.45) is 5.92 Å². The zero-order chi connectivity index (χ0) is 22.5. The Morgan fingerprint density at radius 3 is 2.67 bits per heavy atom. The third-order valence-corrected chi connectivity index (χ3v) is 8.63. The van der Waals surface area contributed by atoms with Crippen LogP contribution in [0.5, 0.6) is 0 Å². The van der Waals surface area contributed by atoms with Crippen molar-refractivity contribution in [2.45, 2.75) is 42.8 Å². The molecule has 0 radical (unpaired) electrons. The molecule has 1 aromatic carbocycles. The molecule has 0 aromatic heterocycles. The van der Waals surface area contributed by atoms with Crippen LogP contribution in [0.3, 0.4) is 0 Å². The third kappa shape index (κ3) is 3.35. The first kappa shape index (κ1) is 22.2. The second-order valence-corrected chi connectivity index (χ2v) is 9.89. The van der Waals surface area contributed by atoms with Gasteiger partial charge in [-0.25, -0.2) is 13.2 Å². The number of ether oxygens (including phenoxy) is 1. The molecule has 8 nitrogen and oxygen atoms in total. The van der Waals surface area contributed by atoms with Gasteiger partial charge in [0.05, 0.1) is 46.9 Å². The number of halogens is 3. The van der Waals surface area contributed by atoms with Gasteiger partial charge in [0.1, 0.15) is 0 Å². The number of alkyl halides is 3. The van der Waals surface area contributed by atoms with Crippen LogP contribution in [0.4, 0.5) is 23.7 Å². The number of methoxy groups -OCH3 is 1. The van der Waals surface area contributed by atoms with Crippen LogP contribution in [0.25, 0.3) is 0 Å². The molecule has 2 N–H and O–H groups in total. The molecule has 0 bridgehead atoms. The number of sulfonamides is 1. The molecule has 3 rings (SSSR count). The van der Waals surface area contributed by atoms with Crippen LogP contribution in [-0.4, -0.2) is 50.2 Å². The number of aliphatic hydroxyl groups is 1. The third-order valence-electron chi connectivity index (χ3n) is 6.01. The monoisotopic (exact) mass is 447 g/mol. The van der Waals surface area contributed by atoms with Gasteiger partial charge in [0, 0.05) is 12.5 Å². The number of fused-ring (bicyclic) bond motifs is 1. The largest absolute Gasteiger partial charge is 0.453 e. The molecule has 1 aliphatic heterocycles. The zero-order valence-corrected chi connectivity index (χ0v) is 16.9. The van der Waals surface area contributed by atoms with Gasteiger partial charge in [0.25, 0.3) is 0 Å². The maximum atomic E-state index is 13.3. The topological polar surface area (TPSA) is 120 Å². The number of anilines is 1. The lowest BCUT2D eigenvalue weighted by molar-refractivity contribution is -0.137. The molecule has 1 aromatic rings. The van der Waals surface area contributed by atoms with Gasteiger partial charge in [0.15, 0.2) is 0 Å². The van der Waals surface area contributed by atoms with Crippen LogP contribution in [0, 0.1) is 17.2 Å². The van der Waals surface area contributed by atoms with Crippen molar-refractivity contribution in [1.82, 2.24) is 5.32 Å². The number of hydrogen-bond acceptors (Lipinski definition) is 6. The summed E-state index contributed by atoms with van der Waals surface area (Å²) < 4.78 is 70.4. The van der Waals surface area contributed by atoms with Crippen LogP contribution in [0.2, 0.25) is 0 Å². The van der Waals surface area contributed by atoms with Crippen molar-refractivity contribution in [3.05, 3.63) is 29.3 Å². The molecule has 12 heteroatoms. The fourth-order valence-corrected chi connectivity index (χ4v) is 6.44. The van der Waals surface area contributed by atoms with Crippen LogP contribution in [0.15, 0.2) is 18.2 Å². The van der Waals surface area contributed by atoms with Crippen LogP contribution in [-0.2, 0) is 20.9 Å². The standard InChI is InChI=1S/C18H20F3N3O5S/c1-17-6-5-14(23-16(26)29-2)15(25)13(17)9-24(30(17,27)28)11-4-3-10(8-22)12(7-11)18(19,20)21/h3-4,7,13-15,25H,5-6,9H2,1-2H3,(H,23,26)/t13?,14?,15?,17-/m0/s1. The number of amides is 1. The van der Waals surface area contributed by atoms with E-state index in [0.29, 0.717) is 6.07 Å². The number of benzene rings is 1. The fraction of sp³-hybridized carbons (Fsp3) is 0.556. The smallest absolute Gasteiger partial charge is 0.417 e. The molecule has 1 heterocycles. The van der Waals surface area contributed by atoms with E-state index in [4.69, 9.17) is 5.26 Å². The van der Waals surface area contributed by atoms with Crippen molar-refractivity contribution in [1.29, 1.82) is 5.26 Å². The molecule has 1 saturated carbocycles. The van der Waals surface area contributed by atoms with E-state index in [1.165, 1.54) is 13.0 Å². The Morgan fingerprint density at radius 1 is 1.43 bits per heavy atom. The zero-order valence-electron chi connectivity index (χ0n) is 16.1. The molecule has 1 aliphatic carbocycles. The van der Waals surface area contributed by atoms with Crippen LogP contribution < -0.4 is 9.62 Å². The number of carbonyl (C=O) groups excluding carboxylic acids is 1. The van der Waals surface area contributed by atoms with E-state index in [1.807, 2.05) is 0 Å². The van der Waals surface area contributed by atoms with Gasteiger partial charge < -0.3 is 15.2 Å². The number of hydrogen-bond donors (Lipinski definition) is 2. The molecule has 2 aliphatic rings. The summed E-state index contributed by atoms with van der Waals surface area (Å²) in [6.45, 7) is 1.18. The Labute approximate surface area is 171 Å². The minimum absolute atomic E-state index is 0.0879. The summed E-state index contributed by atoms with van der Waals surface area (Å²) in [5, 5.41) is 22.1. The van der Waals surface area contributed by atoms with E-state index in [9.17, 15) is 31.5 Å². The molecule has 2 fully saturated rings. The SMILES string of the molecule is COC(=O)NC1CC[C@@]2(C)C(CN(c3ccc(C#N)c(C(F)(F)F)c3)S2(=O)=O)C1O. The van der Waals surface area contributed by atoms with Crippen molar-refractivity contribution >= 4 is 21.8 Å². The minimum Gasteiger partial charge on any atom is -0.453 e. The van der Waals surface area contributed by atoms with E-state index in [1.54, 1.807) is 0 Å². The lowest BCUT2D eigenvalue weighted by Gasteiger charge is -2.41. The van der Waals surface area contributed by atoms with Gasteiger partial charge in [-0.3, -0.25) is 4.31 Å². The number of carbonyl (C=O) groups is 1. The number of alkyl carbamates (subject to hydrolysis) is 1. The van der Waals surface area contributed by atoms with Gasteiger partial charge in [-0.2, -0.15) is 18.4 Å². The van der Waals surface area contributed by atoms with Gasteiger partial charge in [-0.1, -0.05) is 0 Å². The average molecular weight is 447 g/mol. The van der Waals surface area contributed by atoms with Gasteiger partial charge >= 0.3 is 12.3 Å². The fourth-order valence-electron chi connectivity index (χ4n) is 4.22. The van der Waals surface area contributed by atoms with Crippen molar-refractivity contribution in [3.8, 4) is 6.07 Å². The summed E-state index contributed by atoms with van der Waals surface area (Å²) in [5.41, 5.74) is -2.08. The van der Waals surface area contributed by atoms with Gasteiger partial charge in [-0.05, 0) is 38.0 Å². The molecule has 1 amide bonds. The quantitative estimate of drug-likeness (QED) is 0.716. The molecule has 164 valence electrons. The Morgan fingerprint density at radius 2 is 2.10 bits per heavy atom. The highest BCUT2D eigenvalue weighted by Crippen LogP contribution is 2.49. The molecule has 3 unspecified atom stereocenters. The number of aliphatic hydroxyl groups excluding tert-OH is 1. The molecule has 0 spiro atoms. The van der Waals surface area contributed by atoms with Gasteiger partial charge in [-0.15, -0.1) is 0 Å². The summed E-state index contributed by atoms with van der Waals surface area (Å²) in [6, 6.07) is 3.40. The van der Waals surface area contributed by atoms with E-state index < -0.39 is 56.2 Å². The van der Waals surface area contributed by atoms with E-state index >= 15 is 0 Å². The maximum Gasteiger partial charge on any atom is 0.417 e. The Hall–Kier alpha value is -2.52. The highest BCUT2D eigenvalue weighted by Gasteiger charge is 2.61. The predicted molar refractivity (Wildman–Crippen MR) is 98.9 cm³/mol. The molecule has 1 saturated heterocycles. The molecular weight excluding hydrogens is 427 g/mol. The summed E-state index contributed by atoms with van der Waals surface area (Å²) >= 11 is 0. The highest BCUT2D eigenvalue weighted by molar-refractivity contribution is 7.94. The average Bonchev–Trinajstić information content (AvgIpc) is 2.89. The Balaban J connectivity index is 2.00. The van der Waals surface area contributed by atoms with Gasteiger partial charge in [0.2, 0.25) is 10.0 Å². The van der Waals surface area contributed by atoms with Crippen LogP contribution in [0.1, 0.15) is 30.9 Å². The van der Waals surface area contributed by atoms with Crippen molar-refractivity contribution in [3.63, 3.8) is 0 Å².